The number of urea groups is 1. The Kier molecular flexibility index (Phi) is 6.27. The van der Waals surface area contributed by atoms with Gasteiger partial charge >= 0.3 is 6.03 Å². The highest BCUT2D eigenvalue weighted by Crippen LogP contribution is 2.34. The number of aryl methyl sites for hydroxylation is 2. The topological polar surface area (TPSA) is 87.2 Å². The van der Waals surface area contributed by atoms with E-state index in [0.29, 0.717) is 17.2 Å². The molecule has 0 unspecified atom stereocenters. The summed E-state index contributed by atoms with van der Waals surface area (Å²) in [6.45, 7) is 4.74. The molecule has 8 heteroatoms. The second kappa shape index (κ2) is 9.26. The van der Waals surface area contributed by atoms with Crippen molar-refractivity contribution in [2.75, 3.05) is 17.2 Å². The molecule has 2 aromatic carbocycles. The van der Waals surface area contributed by atoms with Gasteiger partial charge in [-0.1, -0.05) is 48.1 Å². The molecular weight excluding hydrogens is 410 g/mol. The maximum absolute atomic E-state index is 12.9. The van der Waals surface area contributed by atoms with Gasteiger partial charge < -0.3 is 15.5 Å². The van der Waals surface area contributed by atoms with Crippen molar-refractivity contribution in [3.63, 3.8) is 0 Å². The Labute approximate surface area is 185 Å². The van der Waals surface area contributed by atoms with Crippen LogP contribution in [0.2, 0.25) is 0 Å². The first-order valence-electron chi connectivity index (χ1n) is 10.4. The molecule has 1 atom stereocenters. The highest BCUT2D eigenvalue weighted by molar-refractivity contribution is 7.13. The van der Waals surface area contributed by atoms with Crippen LogP contribution in [0.15, 0.2) is 48.5 Å². The van der Waals surface area contributed by atoms with Crippen LogP contribution in [-0.2, 0) is 6.42 Å². The third-order valence-electron chi connectivity index (χ3n) is 5.36. The van der Waals surface area contributed by atoms with Crippen molar-refractivity contribution in [1.82, 2.24) is 15.1 Å². The number of hydrogen-bond acceptors (Lipinski definition) is 5. The predicted octanol–water partition coefficient (Wildman–Crippen LogP) is 5.03. The Bertz CT molecular complexity index is 1060. The molecule has 4 rings (SSSR count). The van der Waals surface area contributed by atoms with Gasteiger partial charge in [0.2, 0.25) is 5.01 Å². The molecule has 1 aromatic heterocycles. The standard InChI is InChI=1S/C23H25N5O2S/c1-3-16-8-12-18(13-9-16)25-23(30)28-14-4-5-19(28)21-26-27-22(31-21)20(29)24-17-10-6-15(2)7-11-17/h6-13,19H,3-5,14H2,1-2H3,(H,24,29)(H,25,30)/t19-/m1/s1. The van der Waals surface area contributed by atoms with Gasteiger partial charge in [0.05, 0.1) is 6.04 Å². The Hall–Kier alpha value is -3.26. The highest BCUT2D eigenvalue weighted by atomic mass is 32.1. The minimum atomic E-state index is -0.294. The van der Waals surface area contributed by atoms with Gasteiger partial charge in [0, 0.05) is 17.9 Å². The zero-order valence-electron chi connectivity index (χ0n) is 17.6. The minimum absolute atomic E-state index is 0.160. The fraction of sp³-hybridized carbons (Fsp3) is 0.304. The number of carbonyl (C=O) groups is 2. The summed E-state index contributed by atoms with van der Waals surface area (Å²) in [5, 5.41) is 15.1. The van der Waals surface area contributed by atoms with E-state index in [4.69, 9.17) is 0 Å². The van der Waals surface area contributed by atoms with Crippen LogP contribution >= 0.6 is 11.3 Å². The molecule has 0 bridgehead atoms. The quantitative estimate of drug-likeness (QED) is 0.588. The summed E-state index contributed by atoms with van der Waals surface area (Å²) in [4.78, 5) is 27.2. The number of aromatic nitrogens is 2. The van der Waals surface area contributed by atoms with Gasteiger partial charge in [-0.25, -0.2) is 4.79 Å². The van der Waals surface area contributed by atoms with Crippen LogP contribution < -0.4 is 10.6 Å². The predicted molar refractivity (Wildman–Crippen MR) is 123 cm³/mol. The molecule has 0 radical (unpaired) electrons. The number of carbonyl (C=O) groups excluding carboxylic acids is 2. The molecule has 2 heterocycles. The lowest BCUT2D eigenvalue weighted by atomic mass is 10.1. The summed E-state index contributed by atoms with van der Waals surface area (Å²) in [6.07, 6.45) is 2.65. The van der Waals surface area contributed by atoms with E-state index >= 15 is 0 Å². The van der Waals surface area contributed by atoms with Crippen LogP contribution in [0.1, 0.15) is 51.7 Å². The zero-order valence-corrected chi connectivity index (χ0v) is 18.4. The summed E-state index contributed by atoms with van der Waals surface area (Å²) in [7, 11) is 0. The van der Waals surface area contributed by atoms with E-state index in [1.54, 1.807) is 4.90 Å². The number of amides is 3. The summed E-state index contributed by atoms with van der Waals surface area (Å²) < 4.78 is 0. The Morgan fingerprint density at radius 1 is 1.03 bits per heavy atom. The van der Waals surface area contributed by atoms with Crippen molar-refractivity contribution in [2.45, 2.75) is 39.2 Å². The van der Waals surface area contributed by atoms with Crippen LogP contribution in [0.5, 0.6) is 0 Å². The second-order valence-corrected chi connectivity index (χ2v) is 8.61. The lowest BCUT2D eigenvalue weighted by Gasteiger charge is -2.23. The normalized spacial score (nSPS) is 15.7. The average molecular weight is 436 g/mol. The van der Waals surface area contributed by atoms with Gasteiger partial charge in [0.15, 0.2) is 0 Å². The smallest absolute Gasteiger partial charge is 0.320 e. The van der Waals surface area contributed by atoms with Crippen molar-refractivity contribution in [2.24, 2.45) is 0 Å². The van der Waals surface area contributed by atoms with E-state index in [-0.39, 0.29) is 23.0 Å². The maximum Gasteiger partial charge on any atom is 0.322 e. The van der Waals surface area contributed by atoms with Crippen LogP contribution in [-0.4, -0.2) is 33.6 Å². The van der Waals surface area contributed by atoms with Crippen LogP contribution in [0.25, 0.3) is 0 Å². The largest absolute Gasteiger partial charge is 0.322 e. The molecule has 1 saturated heterocycles. The fourth-order valence-corrected chi connectivity index (χ4v) is 4.45. The molecule has 7 nitrogen and oxygen atoms in total. The first-order chi connectivity index (χ1) is 15.0. The van der Waals surface area contributed by atoms with E-state index in [1.807, 2.05) is 55.5 Å². The highest BCUT2D eigenvalue weighted by Gasteiger charge is 2.33. The first-order valence-corrected chi connectivity index (χ1v) is 11.2. The van der Waals surface area contributed by atoms with Crippen molar-refractivity contribution in [1.29, 1.82) is 0 Å². The number of nitrogens with one attached hydrogen (secondary N) is 2. The average Bonchev–Trinajstić information content (AvgIpc) is 3.45. The van der Waals surface area contributed by atoms with Crippen molar-refractivity contribution in [3.05, 3.63) is 69.7 Å². The van der Waals surface area contributed by atoms with Crippen LogP contribution in [0.3, 0.4) is 0 Å². The summed E-state index contributed by atoms with van der Waals surface area (Å²) in [5.41, 5.74) is 3.83. The van der Waals surface area contributed by atoms with E-state index in [9.17, 15) is 9.59 Å². The molecule has 2 N–H and O–H groups in total. The van der Waals surface area contributed by atoms with Crippen LogP contribution in [0, 0.1) is 6.92 Å². The SMILES string of the molecule is CCc1ccc(NC(=O)N2CCC[C@@H]2c2nnc(C(=O)Nc3ccc(C)cc3)s2)cc1. The number of anilines is 2. The molecule has 0 aliphatic carbocycles. The molecule has 160 valence electrons. The van der Waals surface area contributed by atoms with Crippen molar-refractivity contribution in [3.8, 4) is 0 Å². The molecule has 31 heavy (non-hydrogen) atoms. The lowest BCUT2D eigenvalue weighted by Crippen LogP contribution is -2.34. The fourth-order valence-electron chi connectivity index (χ4n) is 3.57. The molecule has 3 amide bonds. The number of hydrogen-bond donors (Lipinski definition) is 2. The molecule has 3 aromatic rings. The third-order valence-corrected chi connectivity index (χ3v) is 6.38. The van der Waals surface area contributed by atoms with E-state index in [2.05, 4.69) is 27.8 Å². The molecule has 1 fully saturated rings. The van der Waals surface area contributed by atoms with E-state index in [0.717, 1.165) is 30.5 Å². The van der Waals surface area contributed by atoms with Crippen LogP contribution in [0.4, 0.5) is 16.2 Å². The van der Waals surface area contributed by atoms with Gasteiger partial charge in [-0.2, -0.15) is 0 Å². The number of benzene rings is 2. The van der Waals surface area contributed by atoms with Crippen molar-refractivity contribution < 1.29 is 9.59 Å². The number of likely N-dealkylation sites (tertiary alicyclic amines) is 1. The molecule has 0 spiro atoms. The second-order valence-electron chi connectivity index (χ2n) is 7.60. The zero-order chi connectivity index (χ0) is 21.8. The van der Waals surface area contributed by atoms with Gasteiger partial charge in [-0.15, -0.1) is 10.2 Å². The molecular formula is C23H25N5O2S. The summed E-state index contributed by atoms with van der Waals surface area (Å²) >= 11 is 1.24. The molecule has 1 aliphatic rings. The van der Waals surface area contributed by atoms with E-state index in [1.165, 1.54) is 16.9 Å². The van der Waals surface area contributed by atoms with Gasteiger partial charge in [-0.05, 0) is 56.0 Å². The Balaban J connectivity index is 1.42. The summed E-state index contributed by atoms with van der Waals surface area (Å²) in [6, 6.07) is 15.1. The maximum atomic E-state index is 12.9. The van der Waals surface area contributed by atoms with Gasteiger partial charge in [-0.3, -0.25) is 4.79 Å². The first kappa shape index (κ1) is 21.0. The Morgan fingerprint density at radius 3 is 2.42 bits per heavy atom. The summed E-state index contributed by atoms with van der Waals surface area (Å²) in [5.74, 6) is -0.294. The number of nitrogens with zero attached hydrogens (tertiary/aromatic N) is 3. The van der Waals surface area contributed by atoms with Gasteiger partial charge in [0.1, 0.15) is 5.01 Å². The lowest BCUT2D eigenvalue weighted by molar-refractivity contribution is 0.102. The number of rotatable bonds is 5. The van der Waals surface area contributed by atoms with Crippen molar-refractivity contribution >= 4 is 34.6 Å². The molecule has 1 aliphatic heterocycles. The monoisotopic (exact) mass is 435 g/mol. The molecule has 0 saturated carbocycles. The van der Waals surface area contributed by atoms with Gasteiger partial charge in [0.25, 0.3) is 5.91 Å². The van der Waals surface area contributed by atoms with E-state index < -0.39 is 0 Å². The minimum Gasteiger partial charge on any atom is -0.320 e. The Morgan fingerprint density at radius 2 is 1.71 bits per heavy atom. The third kappa shape index (κ3) is 4.91.